The molecule has 5 heteroatoms. The summed E-state index contributed by atoms with van der Waals surface area (Å²) in [6.07, 6.45) is 1.24. The number of likely N-dealkylation sites (tertiary alicyclic amines) is 1. The maximum absolute atomic E-state index is 8.49. The van der Waals surface area contributed by atoms with Gasteiger partial charge in [0.2, 0.25) is 0 Å². The van der Waals surface area contributed by atoms with E-state index in [0.29, 0.717) is 5.92 Å². The van der Waals surface area contributed by atoms with Crippen molar-refractivity contribution in [2.24, 2.45) is 16.8 Å². The van der Waals surface area contributed by atoms with Crippen LogP contribution in [0, 0.1) is 5.92 Å². The van der Waals surface area contributed by atoms with E-state index in [0.717, 1.165) is 19.6 Å². The molecule has 1 saturated heterocycles. The van der Waals surface area contributed by atoms with Gasteiger partial charge in [-0.2, -0.15) is 0 Å². The Morgan fingerprint density at radius 1 is 1.73 bits per heavy atom. The van der Waals surface area contributed by atoms with Crippen molar-refractivity contribution in [3.05, 3.63) is 0 Å². The normalized spacial score (nSPS) is 25.7. The largest absolute Gasteiger partial charge is 0.409 e. The maximum atomic E-state index is 8.49. The molecule has 1 fully saturated rings. The summed E-state index contributed by atoms with van der Waals surface area (Å²) in [6, 6.07) is -0.0503. The summed E-state index contributed by atoms with van der Waals surface area (Å²) in [5.74, 6) is 0.944. The molecule has 88 valence electrons. The van der Waals surface area contributed by atoms with Crippen molar-refractivity contribution in [3.8, 4) is 0 Å². The molecule has 0 aliphatic carbocycles. The lowest BCUT2D eigenvalue weighted by Gasteiger charge is -2.16. The third kappa shape index (κ3) is 3.68. The molecule has 2 atom stereocenters. The number of hydrogen-bond donors (Lipinski definition) is 3. The van der Waals surface area contributed by atoms with Gasteiger partial charge in [0.15, 0.2) is 5.84 Å². The topological polar surface area (TPSA) is 73.9 Å². The molecule has 1 aliphatic heterocycles. The van der Waals surface area contributed by atoms with E-state index in [4.69, 9.17) is 10.9 Å². The highest BCUT2D eigenvalue weighted by Gasteiger charge is 2.21. The Bertz CT molecular complexity index is 219. The van der Waals surface area contributed by atoms with Crippen molar-refractivity contribution in [1.82, 2.24) is 10.2 Å². The number of rotatable bonds is 5. The third-order valence-corrected chi connectivity index (χ3v) is 3.09. The van der Waals surface area contributed by atoms with Crippen molar-refractivity contribution in [2.75, 3.05) is 26.2 Å². The highest BCUT2D eigenvalue weighted by atomic mass is 16.4. The minimum Gasteiger partial charge on any atom is -0.409 e. The van der Waals surface area contributed by atoms with Gasteiger partial charge in [-0.15, -0.1) is 0 Å². The molecule has 5 nitrogen and oxygen atoms in total. The van der Waals surface area contributed by atoms with E-state index in [1.54, 1.807) is 0 Å². The van der Waals surface area contributed by atoms with Crippen LogP contribution in [-0.4, -0.2) is 48.2 Å². The predicted octanol–water partition coefficient (Wildman–Crippen LogP) is 0.0527. The maximum Gasteiger partial charge on any atom is 0.156 e. The summed E-state index contributed by atoms with van der Waals surface area (Å²) in [5.41, 5.74) is 5.48. The van der Waals surface area contributed by atoms with Crippen molar-refractivity contribution >= 4 is 5.84 Å². The summed E-state index contributed by atoms with van der Waals surface area (Å²) >= 11 is 0. The first-order valence-electron chi connectivity index (χ1n) is 5.60. The van der Waals surface area contributed by atoms with Gasteiger partial charge in [0.1, 0.15) is 0 Å². The molecule has 4 N–H and O–H groups in total. The van der Waals surface area contributed by atoms with Gasteiger partial charge >= 0.3 is 0 Å². The fraction of sp³-hybridized carbons (Fsp3) is 0.900. The average Bonchev–Trinajstić information content (AvgIpc) is 2.72. The fourth-order valence-electron chi connectivity index (χ4n) is 1.90. The fourth-order valence-corrected chi connectivity index (χ4v) is 1.90. The van der Waals surface area contributed by atoms with E-state index < -0.39 is 0 Å². The summed E-state index contributed by atoms with van der Waals surface area (Å²) < 4.78 is 0. The first-order chi connectivity index (χ1) is 7.17. The van der Waals surface area contributed by atoms with E-state index in [9.17, 15) is 0 Å². The monoisotopic (exact) mass is 214 g/mol. The Morgan fingerprint density at radius 2 is 2.47 bits per heavy atom. The standard InChI is InChI=1S/C10H22N4O/c1-3-14-5-4-9(7-14)6-12-8(2)10(11)13-15/h8-9,12,15H,3-7H2,1-2H3,(H2,11,13). The van der Waals surface area contributed by atoms with Crippen LogP contribution in [0.4, 0.5) is 0 Å². The molecule has 1 aliphatic rings. The molecule has 2 unspecified atom stereocenters. The minimum absolute atomic E-state index is 0.0503. The molecule has 0 spiro atoms. The van der Waals surface area contributed by atoms with Gasteiger partial charge in [0, 0.05) is 6.54 Å². The molecule has 1 rings (SSSR count). The average molecular weight is 214 g/mol. The van der Waals surface area contributed by atoms with Crippen molar-refractivity contribution in [1.29, 1.82) is 0 Å². The van der Waals surface area contributed by atoms with Gasteiger partial charge in [-0.05, 0) is 38.9 Å². The van der Waals surface area contributed by atoms with E-state index in [1.165, 1.54) is 13.0 Å². The second-order valence-corrected chi connectivity index (χ2v) is 4.20. The van der Waals surface area contributed by atoms with Crippen molar-refractivity contribution in [3.63, 3.8) is 0 Å². The lowest BCUT2D eigenvalue weighted by molar-refractivity contribution is 0.313. The minimum atomic E-state index is -0.0503. The Hall–Kier alpha value is -0.810. The molecule has 0 saturated carbocycles. The Morgan fingerprint density at radius 3 is 3.00 bits per heavy atom. The molecule has 15 heavy (non-hydrogen) atoms. The van der Waals surface area contributed by atoms with Gasteiger partial charge in [0.05, 0.1) is 6.04 Å². The Labute approximate surface area is 91.3 Å². The van der Waals surface area contributed by atoms with Crippen LogP contribution in [-0.2, 0) is 0 Å². The number of nitrogens with one attached hydrogen (secondary N) is 1. The van der Waals surface area contributed by atoms with Crippen LogP contribution in [0.1, 0.15) is 20.3 Å². The van der Waals surface area contributed by atoms with Crippen LogP contribution in [0.15, 0.2) is 5.16 Å². The molecule has 0 radical (unpaired) electrons. The van der Waals surface area contributed by atoms with Gasteiger partial charge in [-0.1, -0.05) is 12.1 Å². The number of nitrogens with two attached hydrogens (primary N) is 1. The zero-order valence-corrected chi connectivity index (χ0v) is 9.61. The zero-order chi connectivity index (χ0) is 11.3. The van der Waals surface area contributed by atoms with Crippen LogP contribution < -0.4 is 11.1 Å². The van der Waals surface area contributed by atoms with Crippen molar-refractivity contribution < 1.29 is 5.21 Å². The van der Waals surface area contributed by atoms with Crippen LogP contribution >= 0.6 is 0 Å². The molecular weight excluding hydrogens is 192 g/mol. The predicted molar refractivity (Wildman–Crippen MR) is 61.1 cm³/mol. The first-order valence-corrected chi connectivity index (χ1v) is 5.60. The third-order valence-electron chi connectivity index (χ3n) is 3.09. The summed E-state index contributed by atoms with van der Waals surface area (Å²) in [7, 11) is 0. The van der Waals surface area contributed by atoms with Crippen LogP contribution in [0.5, 0.6) is 0 Å². The smallest absolute Gasteiger partial charge is 0.156 e. The van der Waals surface area contributed by atoms with Gasteiger partial charge in [-0.25, -0.2) is 0 Å². The molecule has 0 aromatic heterocycles. The summed E-state index contributed by atoms with van der Waals surface area (Å²) in [5, 5.41) is 14.8. The molecule has 0 bridgehead atoms. The van der Waals surface area contributed by atoms with Gasteiger partial charge in [0.25, 0.3) is 0 Å². The first kappa shape index (κ1) is 12.3. The lowest BCUT2D eigenvalue weighted by atomic mass is 10.1. The summed E-state index contributed by atoms with van der Waals surface area (Å²) in [6.45, 7) is 8.52. The van der Waals surface area contributed by atoms with Crippen LogP contribution in [0.2, 0.25) is 0 Å². The Balaban J connectivity index is 2.21. The molecule has 0 aromatic rings. The van der Waals surface area contributed by atoms with E-state index in [1.807, 2.05) is 6.92 Å². The quantitative estimate of drug-likeness (QED) is 0.262. The second kappa shape index (κ2) is 5.92. The van der Waals surface area contributed by atoms with E-state index in [2.05, 4.69) is 22.3 Å². The molecule has 1 heterocycles. The molecule has 0 amide bonds. The number of hydrogen-bond acceptors (Lipinski definition) is 4. The highest BCUT2D eigenvalue weighted by Crippen LogP contribution is 2.14. The zero-order valence-electron chi connectivity index (χ0n) is 9.61. The number of oxime groups is 1. The van der Waals surface area contributed by atoms with Crippen molar-refractivity contribution in [2.45, 2.75) is 26.3 Å². The van der Waals surface area contributed by atoms with E-state index >= 15 is 0 Å². The molecule has 0 aromatic carbocycles. The highest BCUT2D eigenvalue weighted by molar-refractivity contribution is 5.84. The number of nitrogens with zero attached hydrogens (tertiary/aromatic N) is 2. The van der Waals surface area contributed by atoms with Crippen LogP contribution in [0.25, 0.3) is 0 Å². The van der Waals surface area contributed by atoms with Gasteiger partial charge in [-0.3, -0.25) is 0 Å². The SMILES string of the molecule is CCN1CCC(CNC(C)C(N)=NO)C1. The van der Waals surface area contributed by atoms with Crippen LogP contribution in [0.3, 0.4) is 0 Å². The molecular formula is C10H22N4O. The lowest BCUT2D eigenvalue weighted by Crippen LogP contribution is -2.41. The van der Waals surface area contributed by atoms with Gasteiger partial charge < -0.3 is 21.2 Å². The Kier molecular flexibility index (Phi) is 4.84. The van der Waals surface area contributed by atoms with E-state index in [-0.39, 0.29) is 11.9 Å². The number of amidine groups is 1. The summed E-state index contributed by atoms with van der Waals surface area (Å²) in [4.78, 5) is 2.44. The second-order valence-electron chi connectivity index (χ2n) is 4.20.